The van der Waals surface area contributed by atoms with Gasteiger partial charge in [-0.1, -0.05) is 84.0 Å². The number of hydrogen-bond donors (Lipinski definition) is 0. The lowest BCUT2D eigenvalue weighted by atomic mass is 10.0. The van der Waals surface area contributed by atoms with Gasteiger partial charge in [0, 0.05) is 13.5 Å². The second-order valence-electron chi connectivity index (χ2n) is 8.64. The van der Waals surface area contributed by atoms with Crippen LogP contribution in [0.3, 0.4) is 0 Å². The van der Waals surface area contributed by atoms with Crippen LogP contribution in [0.5, 0.6) is 0 Å². The van der Waals surface area contributed by atoms with Crippen LogP contribution in [0, 0.1) is 0 Å². The van der Waals surface area contributed by atoms with Crippen LogP contribution in [-0.2, 0) is 33.2 Å². The summed E-state index contributed by atoms with van der Waals surface area (Å²) in [6, 6.07) is 0. The van der Waals surface area contributed by atoms with Crippen molar-refractivity contribution in [2.45, 2.75) is 97.3 Å². The lowest BCUT2D eigenvalue weighted by Gasteiger charge is -2.08. The van der Waals surface area contributed by atoms with Crippen LogP contribution in [0.15, 0.2) is 0 Å². The summed E-state index contributed by atoms with van der Waals surface area (Å²) >= 11 is 0. The summed E-state index contributed by atoms with van der Waals surface area (Å²) in [5, 5.41) is 0. The monoisotopic (exact) mass is 490 g/mol. The third kappa shape index (κ3) is 31.3. The number of ether oxygens (including phenoxy) is 6. The number of carbonyl (C=O) groups is 1. The van der Waals surface area contributed by atoms with Crippen molar-refractivity contribution in [3.8, 4) is 0 Å². The van der Waals surface area contributed by atoms with Crippen LogP contribution in [0.1, 0.15) is 97.3 Å². The Bertz CT molecular complexity index is 393. The van der Waals surface area contributed by atoms with Gasteiger partial charge >= 0.3 is 5.97 Å². The molecule has 0 aliphatic rings. The van der Waals surface area contributed by atoms with Gasteiger partial charge in [-0.15, -0.1) is 0 Å². The highest BCUT2D eigenvalue weighted by Gasteiger charge is 1.96. The molecule has 0 spiro atoms. The van der Waals surface area contributed by atoms with E-state index in [9.17, 15) is 4.79 Å². The fourth-order valence-electron chi connectivity index (χ4n) is 3.45. The van der Waals surface area contributed by atoms with Crippen LogP contribution < -0.4 is 0 Å². The van der Waals surface area contributed by atoms with Crippen molar-refractivity contribution in [1.29, 1.82) is 0 Å². The molecule has 7 nitrogen and oxygen atoms in total. The largest absolute Gasteiger partial charge is 0.463 e. The van der Waals surface area contributed by atoms with Crippen molar-refractivity contribution in [3.63, 3.8) is 0 Å². The second kappa shape index (κ2) is 30.3. The maximum atomic E-state index is 10.6. The molecule has 0 aromatic carbocycles. The fraction of sp³-hybridized carbons (Fsp3) is 0.963. The Morgan fingerprint density at radius 3 is 1.06 bits per heavy atom. The molecule has 0 aliphatic heterocycles. The van der Waals surface area contributed by atoms with Gasteiger partial charge < -0.3 is 28.4 Å². The molecule has 0 fully saturated rings. The maximum absolute atomic E-state index is 10.6. The van der Waals surface area contributed by atoms with Gasteiger partial charge in [0.15, 0.2) is 0 Å². The molecule has 0 radical (unpaired) electrons. The van der Waals surface area contributed by atoms with Crippen molar-refractivity contribution in [3.05, 3.63) is 0 Å². The summed E-state index contributed by atoms with van der Waals surface area (Å²) in [7, 11) is 0. The highest BCUT2D eigenvalue weighted by molar-refractivity contribution is 5.65. The molecule has 0 aromatic rings. The van der Waals surface area contributed by atoms with Crippen LogP contribution >= 0.6 is 0 Å². The van der Waals surface area contributed by atoms with Gasteiger partial charge in [-0.2, -0.15) is 0 Å². The van der Waals surface area contributed by atoms with E-state index in [0.717, 1.165) is 13.0 Å². The van der Waals surface area contributed by atoms with Crippen LogP contribution in [0.4, 0.5) is 0 Å². The molecule has 0 saturated carbocycles. The Morgan fingerprint density at radius 1 is 0.412 bits per heavy atom. The third-order valence-electron chi connectivity index (χ3n) is 5.41. The Kier molecular flexibility index (Phi) is 29.7. The maximum Gasteiger partial charge on any atom is 0.302 e. The number of carbonyl (C=O) groups excluding carboxylic acids is 1. The predicted octanol–water partition coefficient (Wildman–Crippen LogP) is 5.72. The number of esters is 1. The zero-order valence-corrected chi connectivity index (χ0v) is 22.3. The van der Waals surface area contributed by atoms with Gasteiger partial charge in [0.25, 0.3) is 0 Å². The Labute approximate surface area is 209 Å². The predicted molar refractivity (Wildman–Crippen MR) is 136 cm³/mol. The highest BCUT2D eigenvalue weighted by Crippen LogP contribution is 2.12. The van der Waals surface area contributed by atoms with E-state index in [2.05, 4.69) is 6.92 Å². The summed E-state index contributed by atoms with van der Waals surface area (Å²) < 4.78 is 32.0. The van der Waals surface area contributed by atoms with Crippen LogP contribution in [0.25, 0.3) is 0 Å². The van der Waals surface area contributed by atoms with Crippen LogP contribution in [-0.4, -0.2) is 78.6 Å². The van der Waals surface area contributed by atoms with E-state index < -0.39 is 0 Å². The smallest absolute Gasteiger partial charge is 0.302 e. The summed E-state index contributed by atoms with van der Waals surface area (Å²) in [5.41, 5.74) is 0. The molecule has 0 atom stereocenters. The molecule has 0 saturated heterocycles. The molecule has 204 valence electrons. The van der Waals surface area contributed by atoms with E-state index >= 15 is 0 Å². The Morgan fingerprint density at radius 2 is 0.706 bits per heavy atom. The summed E-state index contributed by atoms with van der Waals surface area (Å²) in [6.45, 7) is 9.58. The third-order valence-corrected chi connectivity index (χ3v) is 5.41. The number of rotatable bonds is 29. The van der Waals surface area contributed by atoms with Crippen molar-refractivity contribution in [2.24, 2.45) is 0 Å². The first-order valence-electron chi connectivity index (χ1n) is 13.8. The summed E-state index contributed by atoms with van der Waals surface area (Å²) in [5.74, 6) is -0.293. The van der Waals surface area contributed by atoms with Gasteiger partial charge in [0.2, 0.25) is 0 Å². The Hall–Kier alpha value is -0.730. The lowest BCUT2D eigenvalue weighted by Crippen LogP contribution is -2.14. The minimum Gasteiger partial charge on any atom is -0.463 e. The fourth-order valence-corrected chi connectivity index (χ4v) is 3.45. The summed E-state index contributed by atoms with van der Waals surface area (Å²) in [6.07, 6.45) is 17.8. The Balaban J connectivity index is 3.01. The molecule has 34 heavy (non-hydrogen) atoms. The van der Waals surface area contributed by atoms with Gasteiger partial charge in [0.1, 0.15) is 6.61 Å². The zero-order valence-electron chi connectivity index (χ0n) is 22.3. The molecule has 0 unspecified atom stereocenters. The van der Waals surface area contributed by atoms with E-state index in [1.165, 1.54) is 84.0 Å². The molecule has 0 aliphatic carbocycles. The standard InChI is InChI=1S/C27H54O7/c1-3-4-5-6-7-8-9-10-11-12-13-14-15-16-29-17-18-30-19-20-31-21-22-32-23-24-33-25-26-34-27(2)28/h3-26H2,1-2H3. The minimum atomic E-state index is -0.293. The van der Waals surface area contributed by atoms with E-state index in [-0.39, 0.29) is 12.6 Å². The second-order valence-corrected chi connectivity index (χ2v) is 8.64. The van der Waals surface area contributed by atoms with Crippen molar-refractivity contribution in [1.82, 2.24) is 0 Å². The lowest BCUT2D eigenvalue weighted by molar-refractivity contribution is -0.142. The van der Waals surface area contributed by atoms with E-state index in [1.54, 1.807) is 0 Å². The van der Waals surface area contributed by atoms with Crippen molar-refractivity contribution < 1.29 is 33.2 Å². The molecule has 0 rings (SSSR count). The minimum absolute atomic E-state index is 0.281. The molecule has 0 amide bonds. The van der Waals surface area contributed by atoms with Gasteiger partial charge in [-0.05, 0) is 6.42 Å². The van der Waals surface area contributed by atoms with Crippen LogP contribution in [0.2, 0.25) is 0 Å². The SMILES string of the molecule is CCCCCCCCCCCCCCCOCCOCCOCCOCCOCCOC(C)=O. The molecule has 7 heteroatoms. The first-order chi connectivity index (χ1) is 16.8. The molecule has 0 bridgehead atoms. The number of hydrogen-bond acceptors (Lipinski definition) is 7. The molecular weight excluding hydrogens is 436 g/mol. The topological polar surface area (TPSA) is 72.5 Å². The average Bonchev–Trinajstić information content (AvgIpc) is 2.83. The first-order valence-corrected chi connectivity index (χ1v) is 13.8. The normalized spacial score (nSPS) is 11.2. The zero-order chi connectivity index (χ0) is 24.8. The van der Waals surface area contributed by atoms with Gasteiger partial charge in [-0.3, -0.25) is 4.79 Å². The summed E-state index contributed by atoms with van der Waals surface area (Å²) in [4.78, 5) is 10.6. The van der Waals surface area contributed by atoms with Crippen molar-refractivity contribution >= 4 is 5.97 Å². The highest BCUT2D eigenvalue weighted by atomic mass is 16.6. The van der Waals surface area contributed by atoms with Gasteiger partial charge in [-0.25, -0.2) is 0 Å². The molecule has 0 N–H and O–H groups in total. The molecule has 0 aromatic heterocycles. The number of unbranched alkanes of at least 4 members (excludes halogenated alkanes) is 12. The van der Waals surface area contributed by atoms with E-state index in [0.29, 0.717) is 59.5 Å². The first kappa shape index (κ1) is 33.3. The van der Waals surface area contributed by atoms with Gasteiger partial charge in [0.05, 0.1) is 59.5 Å². The van der Waals surface area contributed by atoms with Crippen molar-refractivity contribution in [2.75, 3.05) is 72.7 Å². The quantitative estimate of drug-likeness (QED) is 0.0980. The van der Waals surface area contributed by atoms with E-state index in [4.69, 9.17) is 28.4 Å². The molecule has 0 heterocycles. The average molecular weight is 491 g/mol. The van der Waals surface area contributed by atoms with E-state index in [1.807, 2.05) is 0 Å². The molecular formula is C27H54O7.